The Hall–Kier alpha value is -1.62. The quantitative estimate of drug-likeness (QED) is 0.853. The van der Waals surface area contributed by atoms with Gasteiger partial charge >= 0.3 is 0 Å². The van der Waals surface area contributed by atoms with Crippen molar-refractivity contribution in [1.29, 1.82) is 0 Å². The molecule has 2 nitrogen and oxygen atoms in total. The molecule has 0 spiro atoms. The van der Waals surface area contributed by atoms with E-state index in [0.717, 1.165) is 16.2 Å². The molecule has 0 amide bonds. The number of methoxy groups -OCH3 is 1. The standard InChI is InChI=1S/C15H14BrF2NO/c1-9(12-5-3-10(17)7-14(12)18)19-11-4-6-13(16)15(8-11)20-2/h3-9,19H,1-2H3. The summed E-state index contributed by atoms with van der Waals surface area (Å²) in [6.45, 7) is 1.81. The van der Waals surface area contributed by atoms with E-state index in [1.54, 1.807) is 7.11 Å². The first kappa shape index (κ1) is 14.8. The molecule has 2 rings (SSSR count). The van der Waals surface area contributed by atoms with Crippen molar-refractivity contribution in [2.45, 2.75) is 13.0 Å². The van der Waals surface area contributed by atoms with E-state index < -0.39 is 11.6 Å². The van der Waals surface area contributed by atoms with Gasteiger partial charge in [0.05, 0.1) is 17.6 Å². The zero-order chi connectivity index (χ0) is 14.7. The van der Waals surface area contributed by atoms with E-state index in [2.05, 4.69) is 21.2 Å². The minimum Gasteiger partial charge on any atom is -0.495 e. The second-order valence-corrected chi connectivity index (χ2v) is 5.24. The smallest absolute Gasteiger partial charge is 0.135 e. The van der Waals surface area contributed by atoms with Gasteiger partial charge in [-0.15, -0.1) is 0 Å². The van der Waals surface area contributed by atoms with Crippen molar-refractivity contribution in [2.24, 2.45) is 0 Å². The van der Waals surface area contributed by atoms with Crippen LogP contribution in [-0.4, -0.2) is 7.11 Å². The Kier molecular flexibility index (Phi) is 4.60. The van der Waals surface area contributed by atoms with E-state index in [-0.39, 0.29) is 6.04 Å². The Morgan fingerprint density at radius 1 is 1.15 bits per heavy atom. The highest BCUT2D eigenvalue weighted by molar-refractivity contribution is 9.10. The van der Waals surface area contributed by atoms with Gasteiger partial charge in [-0.1, -0.05) is 6.07 Å². The zero-order valence-corrected chi connectivity index (χ0v) is 12.7. The largest absolute Gasteiger partial charge is 0.495 e. The van der Waals surface area contributed by atoms with Crippen LogP contribution >= 0.6 is 15.9 Å². The molecule has 0 saturated heterocycles. The van der Waals surface area contributed by atoms with Gasteiger partial charge < -0.3 is 10.1 Å². The lowest BCUT2D eigenvalue weighted by Gasteiger charge is -2.17. The highest BCUT2D eigenvalue weighted by atomic mass is 79.9. The summed E-state index contributed by atoms with van der Waals surface area (Å²) in [6.07, 6.45) is 0. The average molecular weight is 342 g/mol. The second kappa shape index (κ2) is 6.22. The SMILES string of the molecule is COc1cc(NC(C)c2ccc(F)cc2F)ccc1Br. The fourth-order valence-corrected chi connectivity index (χ4v) is 2.34. The first-order valence-electron chi connectivity index (χ1n) is 6.06. The molecular formula is C15H14BrF2NO. The number of anilines is 1. The first-order valence-corrected chi connectivity index (χ1v) is 6.85. The summed E-state index contributed by atoms with van der Waals surface area (Å²) in [5.74, 6) is -0.459. The molecule has 1 N–H and O–H groups in total. The van der Waals surface area contributed by atoms with Crippen LogP contribution in [0, 0.1) is 11.6 Å². The molecule has 2 aromatic rings. The normalized spacial score (nSPS) is 12.1. The molecule has 0 aliphatic heterocycles. The summed E-state index contributed by atoms with van der Waals surface area (Å²) in [7, 11) is 1.58. The summed E-state index contributed by atoms with van der Waals surface area (Å²) >= 11 is 3.37. The minimum absolute atomic E-state index is 0.290. The number of hydrogen-bond donors (Lipinski definition) is 1. The van der Waals surface area contributed by atoms with Crippen molar-refractivity contribution in [3.63, 3.8) is 0 Å². The molecule has 1 atom stereocenters. The van der Waals surface area contributed by atoms with Gasteiger partial charge in [-0.25, -0.2) is 8.78 Å². The van der Waals surface area contributed by atoms with E-state index in [1.807, 2.05) is 25.1 Å². The minimum atomic E-state index is -0.580. The Bertz CT molecular complexity index is 619. The average Bonchev–Trinajstić information content (AvgIpc) is 2.40. The van der Waals surface area contributed by atoms with Gasteiger partial charge in [-0.05, 0) is 41.1 Å². The van der Waals surface area contributed by atoms with E-state index in [4.69, 9.17) is 4.74 Å². The molecule has 20 heavy (non-hydrogen) atoms. The molecule has 0 radical (unpaired) electrons. The highest BCUT2D eigenvalue weighted by Gasteiger charge is 2.12. The number of halogens is 3. The van der Waals surface area contributed by atoms with E-state index in [9.17, 15) is 8.78 Å². The fraction of sp³-hybridized carbons (Fsp3) is 0.200. The summed E-state index contributed by atoms with van der Waals surface area (Å²) in [6, 6.07) is 8.79. The van der Waals surface area contributed by atoms with Crippen molar-refractivity contribution in [1.82, 2.24) is 0 Å². The molecular weight excluding hydrogens is 328 g/mol. The lowest BCUT2D eigenvalue weighted by Crippen LogP contribution is -2.09. The van der Waals surface area contributed by atoms with Crippen LogP contribution < -0.4 is 10.1 Å². The Morgan fingerprint density at radius 3 is 2.55 bits per heavy atom. The number of ether oxygens (including phenoxy) is 1. The van der Waals surface area contributed by atoms with E-state index >= 15 is 0 Å². The molecule has 5 heteroatoms. The Labute approximate surface area is 124 Å². The van der Waals surface area contributed by atoms with E-state index in [0.29, 0.717) is 11.3 Å². The predicted molar refractivity (Wildman–Crippen MR) is 79.1 cm³/mol. The van der Waals surface area contributed by atoms with Crippen LogP contribution in [0.25, 0.3) is 0 Å². The number of rotatable bonds is 4. The van der Waals surface area contributed by atoms with Crippen molar-refractivity contribution in [3.05, 3.63) is 58.1 Å². The maximum atomic E-state index is 13.7. The predicted octanol–water partition coefficient (Wildman–Crippen LogP) is 4.91. The number of hydrogen-bond acceptors (Lipinski definition) is 2. The third kappa shape index (κ3) is 3.28. The molecule has 2 aromatic carbocycles. The topological polar surface area (TPSA) is 21.3 Å². The third-order valence-electron chi connectivity index (χ3n) is 2.96. The first-order chi connectivity index (χ1) is 9.51. The van der Waals surface area contributed by atoms with Crippen LogP contribution in [-0.2, 0) is 0 Å². The molecule has 0 aliphatic rings. The summed E-state index contributed by atoms with van der Waals surface area (Å²) in [5, 5.41) is 3.16. The van der Waals surface area contributed by atoms with Crippen LogP contribution in [0.5, 0.6) is 5.75 Å². The molecule has 0 aromatic heterocycles. The zero-order valence-electron chi connectivity index (χ0n) is 11.1. The Morgan fingerprint density at radius 2 is 1.90 bits per heavy atom. The van der Waals surface area contributed by atoms with Crippen molar-refractivity contribution in [2.75, 3.05) is 12.4 Å². The van der Waals surface area contributed by atoms with Crippen LogP contribution in [0.4, 0.5) is 14.5 Å². The van der Waals surface area contributed by atoms with Gasteiger partial charge in [0, 0.05) is 23.4 Å². The summed E-state index contributed by atoms with van der Waals surface area (Å²) in [5.41, 5.74) is 1.20. The Balaban J connectivity index is 2.21. The monoisotopic (exact) mass is 341 g/mol. The molecule has 0 aliphatic carbocycles. The molecule has 0 bridgehead atoms. The van der Waals surface area contributed by atoms with Crippen LogP contribution in [0.3, 0.4) is 0 Å². The van der Waals surface area contributed by atoms with Crippen molar-refractivity contribution < 1.29 is 13.5 Å². The fourth-order valence-electron chi connectivity index (χ4n) is 1.93. The van der Waals surface area contributed by atoms with Gasteiger partial charge in [-0.2, -0.15) is 0 Å². The van der Waals surface area contributed by atoms with Crippen molar-refractivity contribution in [3.8, 4) is 5.75 Å². The highest BCUT2D eigenvalue weighted by Crippen LogP contribution is 2.30. The maximum absolute atomic E-state index is 13.7. The summed E-state index contributed by atoms with van der Waals surface area (Å²) in [4.78, 5) is 0. The number of nitrogens with one attached hydrogen (secondary N) is 1. The third-order valence-corrected chi connectivity index (χ3v) is 3.62. The van der Waals surface area contributed by atoms with Gasteiger partial charge in [0.25, 0.3) is 0 Å². The van der Waals surface area contributed by atoms with Gasteiger partial charge in [0.1, 0.15) is 17.4 Å². The lowest BCUT2D eigenvalue weighted by molar-refractivity contribution is 0.412. The molecule has 0 saturated carbocycles. The van der Waals surface area contributed by atoms with Crippen molar-refractivity contribution >= 4 is 21.6 Å². The van der Waals surface area contributed by atoms with Crippen LogP contribution in [0.15, 0.2) is 40.9 Å². The molecule has 0 heterocycles. The van der Waals surface area contributed by atoms with Gasteiger partial charge in [-0.3, -0.25) is 0 Å². The van der Waals surface area contributed by atoms with Crippen LogP contribution in [0.1, 0.15) is 18.5 Å². The summed E-state index contributed by atoms with van der Waals surface area (Å²) < 4.78 is 32.6. The number of benzene rings is 2. The van der Waals surface area contributed by atoms with E-state index in [1.165, 1.54) is 12.1 Å². The lowest BCUT2D eigenvalue weighted by atomic mass is 10.1. The second-order valence-electron chi connectivity index (χ2n) is 4.38. The van der Waals surface area contributed by atoms with Gasteiger partial charge in [0.2, 0.25) is 0 Å². The molecule has 1 unspecified atom stereocenters. The maximum Gasteiger partial charge on any atom is 0.135 e. The molecule has 106 valence electrons. The van der Waals surface area contributed by atoms with Gasteiger partial charge in [0.15, 0.2) is 0 Å². The van der Waals surface area contributed by atoms with Crippen LogP contribution in [0.2, 0.25) is 0 Å². The molecule has 0 fully saturated rings.